The van der Waals surface area contributed by atoms with Gasteiger partial charge in [0, 0.05) is 12.0 Å². The minimum atomic E-state index is -2.69. The fourth-order valence-corrected chi connectivity index (χ4v) is 1.84. The highest BCUT2D eigenvalue weighted by Gasteiger charge is 2.39. The SMILES string of the molecule is OCc1cccc2c1CCC2(F)F. The summed E-state index contributed by atoms with van der Waals surface area (Å²) < 4.78 is 26.3. The van der Waals surface area contributed by atoms with Crippen LogP contribution in [0.25, 0.3) is 0 Å². The first kappa shape index (κ1) is 8.63. The van der Waals surface area contributed by atoms with Crippen molar-refractivity contribution in [2.75, 3.05) is 0 Å². The van der Waals surface area contributed by atoms with Crippen LogP contribution in [-0.2, 0) is 19.0 Å². The molecule has 1 aliphatic rings. The first-order valence-electron chi connectivity index (χ1n) is 4.25. The molecule has 1 N–H and O–H groups in total. The van der Waals surface area contributed by atoms with Crippen molar-refractivity contribution >= 4 is 0 Å². The van der Waals surface area contributed by atoms with E-state index in [2.05, 4.69) is 0 Å². The van der Waals surface area contributed by atoms with E-state index in [-0.39, 0.29) is 18.6 Å². The largest absolute Gasteiger partial charge is 0.392 e. The summed E-state index contributed by atoms with van der Waals surface area (Å²) >= 11 is 0. The molecule has 0 saturated heterocycles. The molecule has 1 aliphatic carbocycles. The Kier molecular flexibility index (Phi) is 1.84. The third kappa shape index (κ3) is 1.23. The lowest BCUT2D eigenvalue weighted by molar-refractivity contribution is -0.00184. The van der Waals surface area contributed by atoms with E-state index >= 15 is 0 Å². The van der Waals surface area contributed by atoms with Crippen LogP contribution >= 0.6 is 0 Å². The second kappa shape index (κ2) is 2.77. The standard InChI is InChI=1S/C10H10F2O/c11-10(12)5-4-8-7(6-13)2-1-3-9(8)10/h1-3,13H,4-6H2. The Labute approximate surface area is 75.0 Å². The second-order valence-corrected chi connectivity index (χ2v) is 3.31. The average Bonchev–Trinajstić information content (AvgIpc) is 2.43. The molecule has 0 unspecified atom stereocenters. The van der Waals surface area contributed by atoms with Crippen molar-refractivity contribution in [3.8, 4) is 0 Å². The number of rotatable bonds is 1. The van der Waals surface area contributed by atoms with Crippen LogP contribution in [-0.4, -0.2) is 5.11 Å². The van der Waals surface area contributed by atoms with Crippen LogP contribution in [0.5, 0.6) is 0 Å². The molecule has 0 fully saturated rings. The molecule has 3 heteroatoms. The molecule has 0 atom stereocenters. The summed E-state index contributed by atoms with van der Waals surface area (Å²) in [6.07, 6.45) is 0.248. The molecule has 0 amide bonds. The highest BCUT2D eigenvalue weighted by atomic mass is 19.3. The van der Waals surface area contributed by atoms with Crippen molar-refractivity contribution in [2.24, 2.45) is 0 Å². The number of halogens is 2. The van der Waals surface area contributed by atoms with Crippen LogP contribution in [0.1, 0.15) is 23.1 Å². The van der Waals surface area contributed by atoms with E-state index in [1.165, 1.54) is 6.07 Å². The van der Waals surface area contributed by atoms with Crippen LogP contribution in [0.3, 0.4) is 0 Å². The molecular formula is C10H10F2O. The van der Waals surface area contributed by atoms with Crippen LogP contribution in [0.15, 0.2) is 18.2 Å². The monoisotopic (exact) mass is 184 g/mol. The summed E-state index contributed by atoms with van der Waals surface area (Å²) in [7, 11) is 0. The summed E-state index contributed by atoms with van der Waals surface area (Å²) in [5.41, 5.74) is 1.36. The highest BCUT2D eigenvalue weighted by molar-refractivity contribution is 5.41. The van der Waals surface area contributed by atoms with Gasteiger partial charge in [-0.15, -0.1) is 0 Å². The van der Waals surface area contributed by atoms with Gasteiger partial charge in [0.1, 0.15) is 0 Å². The maximum Gasteiger partial charge on any atom is 0.273 e. The number of benzene rings is 1. The van der Waals surface area contributed by atoms with E-state index < -0.39 is 5.92 Å². The number of fused-ring (bicyclic) bond motifs is 1. The maximum atomic E-state index is 13.2. The lowest BCUT2D eigenvalue weighted by Crippen LogP contribution is -2.07. The summed E-state index contributed by atoms with van der Waals surface area (Å²) in [5.74, 6) is -2.69. The minimum Gasteiger partial charge on any atom is -0.392 e. The zero-order valence-corrected chi connectivity index (χ0v) is 7.06. The van der Waals surface area contributed by atoms with Gasteiger partial charge in [-0.25, -0.2) is 8.78 Å². The van der Waals surface area contributed by atoms with Crippen molar-refractivity contribution in [3.05, 3.63) is 34.9 Å². The van der Waals surface area contributed by atoms with Crippen LogP contribution < -0.4 is 0 Å². The zero-order valence-electron chi connectivity index (χ0n) is 7.06. The van der Waals surface area contributed by atoms with Crippen LogP contribution in [0.2, 0.25) is 0 Å². The van der Waals surface area contributed by atoms with Gasteiger partial charge < -0.3 is 5.11 Å². The zero-order chi connectivity index (χ0) is 9.47. The topological polar surface area (TPSA) is 20.2 Å². The molecule has 0 radical (unpaired) electrons. The van der Waals surface area contributed by atoms with Crippen molar-refractivity contribution in [1.29, 1.82) is 0 Å². The summed E-state index contributed by atoms with van der Waals surface area (Å²) in [6, 6.07) is 4.71. The molecular weight excluding hydrogens is 174 g/mol. The van der Waals surface area contributed by atoms with Crippen LogP contribution in [0, 0.1) is 0 Å². The van der Waals surface area contributed by atoms with E-state index in [9.17, 15) is 8.78 Å². The molecule has 0 saturated carbocycles. The van der Waals surface area contributed by atoms with Crippen molar-refractivity contribution in [3.63, 3.8) is 0 Å². The van der Waals surface area contributed by atoms with Crippen molar-refractivity contribution in [1.82, 2.24) is 0 Å². The predicted octanol–water partition coefficient (Wildman–Crippen LogP) is 2.22. The normalized spacial score (nSPS) is 18.7. The number of aliphatic hydroxyl groups is 1. The third-order valence-electron chi connectivity index (χ3n) is 2.53. The first-order chi connectivity index (χ1) is 6.15. The maximum absolute atomic E-state index is 13.2. The molecule has 0 aliphatic heterocycles. The summed E-state index contributed by atoms with van der Waals surface area (Å²) in [4.78, 5) is 0. The minimum absolute atomic E-state index is 0.0963. The molecule has 1 aromatic carbocycles. The Morgan fingerprint density at radius 3 is 2.85 bits per heavy atom. The van der Waals surface area contributed by atoms with Gasteiger partial charge in [-0.1, -0.05) is 18.2 Å². The van der Waals surface area contributed by atoms with Gasteiger partial charge in [0.2, 0.25) is 0 Å². The van der Waals surface area contributed by atoms with Gasteiger partial charge in [0.25, 0.3) is 5.92 Å². The highest BCUT2D eigenvalue weighted by Crippen LogP contribution is 2.42. The Morgan fingerprint density at radius 2 is 2.15 bits per heavy atom. The van der Waals surface area contributed by atoms with Crippen LogP contribution in [0.4, 0.5) is 8.78 Å². The van der Waals surface area contributed by atoms with E-state index in [1.807, 2.05) is 0 Å². The molecule has 0 aromatic heterocycles. The van der Waals surface area contributed by atoms with E-state index in [1.54, 1.807) is 12.1 Å². The average molecular weight is 184 g/mol. The van der Waals surface area contributed by atoms with E-state index in [0.29, 0.717) is 17.5 Å². The second-order valence-electron chi connectivity index (χ2n) is 3.31. The molecule has 13 heavy (non-hydrogen) atoms. The van der Waals surface area contributed by atoms with Gasteiger partial charge in [-0.3, -0.25) is 0 Å². The number of hydrogen-bond donors (Lipinski definition) is 1. The predicted molar refractivity (Wildman–Crippen MR) is 44.6 cm³/mol. The Hall–Kier alpha value is -0.960. The third-order valence-corrected chi connectivity index (χ3v) is 2.53. The fourth-order valence-electron chi connectivity index (χ4n) is 1.84. The number of alkyl halides is 2. The number of aliphatic hydroxyl groups excluding tert-OH is 1. The molecule has 2 rings (SSSR count). The Balaban J connectivity index is 2.56. The van der Waals surface area contributed by atoms with Crippen molar-refractivity contribution in [2.45, 2.75) is 25.4 Å². The molecule has 0 heterocycles. The molecule has 1 aromatic rings. The van der Waals surface area contributed by atoms with Crippen molar-refractivity contribution < 1.29 is 13.9 Å². The van der Waals surface area contributed by atoms with Gasteiger partial charge in [0.15, 0.2) is 0 Å². The summed E-state index contributed by atoms with van der Waals surface area (Å²) in [6.45, 7) is -0.154. The van der Waals surface area contributed by atoms with Gasteiger partial charge in [-0.2, -0.15) is 0 Å². The number of hydrogen-bond acceptors (Lipinski definition) is 1. The quantitative estimate of drug-likeness (QED) is 0.709. The molecule has 70 valence electrons. The Morgan fingerprint density at radius 1 is 1.38 bits per heavy atom. The fraction of sp³-hybridized carbons (Fsp3) is 0.400. The summed E-state index contributed by atoms with van der Waals surface area (Å²) in [5, 5.41) is 8.93. The lowest BCUT2D eigenvalue weighted by Gasteiger charge is -2.10. The van der Waals surface area contributed by atoms with Gasteiger partial charge in [0.05, 0.1) is 6.61 Å². The van der Waals surface area contributed by atoms with Gasteiger partial charge >= 0.3 is 0 Å². The smallest absolute Gasteiger partial charge is 0.273 e. The van der Waals surface area contributed by atoms with E-state index in [0.717, 1.165) is 0 Å². The van der Waals surface area contributed by atoms with E-state index in [4.69, 9.17) is 5.11 Å². The lowest BCUT2D eigenvalue weighted by atomic mass is 10.0. The first-order valence-corrected chi connectivity index (χ1v) is 4.25. The molecule has 0 spiro atoms. The Bertz CT molecular complexity index is 334. The molecule has 1 nitrogen and oxygen atoms in total. The van der Waals surface area contributed by atoms with Gasteiger partial charge in [-0.05, 0) is 17.5 Å². The molecule has 0 bridgehead atoms.